The maximum atomic E-state index is 10.2. The fraction of sp³-hybridized carbons (Fsp3) is 0.227. The van der Waals surface area contributed by atoms with Crippen molar-refractivity contribution < 1.29 is 5.11 Å². The van der Waals surface area contributed by atoms with Gasteiger partial charge in [0.1, 0.15) is 0 Å². The number of nitrogens with zero attached hydrogens (tertiary/aromatic N) is 1. The van der Waals surface area contributed by atoms with Crippen LogP contribution in [0.2, 0.25) is 0 Å². The molecule has 0 aliphatic heterocycles. The molecule has 3 rings (SSSR count). The second-order valence-corrected chi connectivity index (χ2v) is 7.26. The molecule has 1 heterocycles. The van der Waals surface area contributed by atoms with Crippen LogP contribution >= 0.6 is 11.8 Å². The molecule has 0 saturated heterocycles. The molecule has 0 fully saturated rings. The van der Waals surface area contributed by atoms with Gasteiger partial charge in [0.25, 0.3) is 0 Å². The van der Waals surface area contributed by atoms with E-state index < -0.39 is 0 Å². The predicted octanol–water partition coefficient (Wildman–Crippen LogP) is 4.76. The summed E-state index contributed by atoms with van der Waals surface area (Å²) in [7, 11) is 0. The lowest BCUT2D eigenvalue weighted by Gasteiger charge is -2.10. The van der Waals surface area contributed by atoms with E-state index in [0.717, 1.165) is 25.0 Å². The second kappa shape index (κ2) is 9.40. The van der Waals surface area contributed by atoms with E-state index in [1.54, 1.807) is 18.0 Å². The molecule has 2 aromatic carbocycles. The van der Waals surface area contributed by atoms with Crippen LogP contribution in [0.4, 0.5) is 0 Å². The summed E-state index contributed by atoms with van der Waals surface area (Å²) in [4.78, 5) is 5.31. The number of hydrogen-bond acceptors (Lipinski definition) is 3. The van der Waals surface area contributed by atoms with Gasteiger partial charge in [-0.2, -0.15) is 0 Å². The number of aliphatic hydroxyl groups is 1. The van der Waals surface area contributed by atoms with Gasteiger partial charge in [-0.05, 0) is 54.2 Å². The highest BCUT2D eigenvalue weighted by Crippen LogP contribution is 2.21. The van der Waals surface area contributed by atoms with Gasteiger partial charge in [-0.1, -0.05) is 48.5 Å². The Kier molecular flexibility index (Phi) is 6.66. The molecule has 0 aliphatic carbocycles. The van der Waals surface area contributed by atoms with Gasteiger partial charge in [0, 0.05) is 23.0 Å². The average molecular weight is 349 g/mol. The van der Waals surface area contributed by atoms with Crippen molar-refractivity contribution in [2.45, 2.75) is 30.3 Å². The lowest BCUT2D eigenvalue weighted by Crippen LogP contribution is -2.11. The van der Waals surface area contributed by atoms with Gasteiger partial charge in [0.15, 0.2) is 0 Å². The monoisotopic (exact) mass is 349 g/mol. The van der Waals surface area contributed by atoms with Gasteiger partial charge in [0.05, 0.1) is 6.10 Å². The molecule has 3 aromatic rings. The fourth-order valence-corrected chi connectivity index (χ4v) is 3.57. The van der Waals surface area contributed by atoms with Crippen LogP contribution in [0.1, 0.15) is 23.1 Å². The molecule has 1 aromatic heterocycles. The van der Waals surface area contributed by atoms with Gasteiger partial charge in [-0.15, -0.1) is 11.8 Å². The zero-order chi connectivity index (χ0) is 17.3. The quantitative estimate of drug-likeness (QED) is 0.595. The number of rotatable bonds is 8. The van der Waals surface area contributed by atoms with E-state index in [2.05, 4.69) is 59.6 Å². The number of hydrogen-bond donors (Lipinski definition) is 1. The van der Waals surface area contributed by atoms with E-state index >= 15 is 0 Å². The molecule has 0 aliphatic rings. The summed E-state index contributed by atoms with van der Waals surface area (Å²) in [5.41, 5.74) is 3.82. The molecule has 0 amide bonds. The Hall–Kier alpha value is -2.10. The molecule has 0 radical (unpaired) electrons. The number of aryl methyl sites for hydroxylation is 1. The molecule has 0 spiro atoms. The lowest BCUT2D eigenvalue weighted by molar-refractivity contribution is 0.189. The Bertz CT molecular complexity index is 744. The zero-order valence-corrected chi connectivity index (χ0v) is 15.0. The third kappa shape index (κ3) is 6.04. The van der Waals surface area contributed by atoms with Gasteiger partial charge in [-0.25, -0.2) is 0 Å². The van der Waals surface area contributed by atoms with Gasteiger partial charge in [0.2, 0.25) is 0 Å². The Morgan fingerprint density at radius 1 is 0.840 bits per heavy atom. The second-order valence-electron chi connectivity index (χ2n) is 6.17. The first-order valence-electron chi connectivity index (χ1n) is 8.62. The average Bonchev–Trinajstić information content (AvgIpc) is 2.67. The highest BCUT2D eigenvalue weighted by atomic mass is 32.2. The molecule has 0 bridgehead atoms. The Labute approximate surface area is 154 Å². The van der Waals surface area contributed by atoms with Crippen LogP contribution in [0.15, 0.2) is 84.0 Å². The SMILES string of the molecule is OC(CCc1cccnc1)CSc1ccc(Cc2ccccc2)cc1. The van der Waals surface area contributed by atoms with Crippen molar-refractivity contribution in [2.24, 2.45) is 0 Å². The number of aliphatic hydroxyl groups excluding tert-OH is 1. The summed E-state index contributed by atoms with van der Waals surface area (Å²) in [5.74, 6) is 0.721. The fourth-order valence-electron chi connectivity index (χ4n) is 2.69. The summed E-state index contributed by atoms with van der Waals surface area (Å²) >= 11 is 1.71. The molecule has 1 atom stereocenters. The van der Waals surface area contributed by atoms with Crippen LogP contribution in [0.25, 0.3) is 0 Å². The van der Waals surface area contributed by atoms with E-state index in [1.165, 1.54) is 21.6 Å². The molecule has 25 heavy (non-hydrogen) atoms. The predicted molar refractivity (Wildman–Crippen MR) is 105 cm³/mol. The van der Waals surface area contributed by atoms with Crippen molar-refractivity contribution in [1.29, 1.82) is 0 Å². The molecule has 128 valence electrons. The Morgan fingerprint density at radius 2 is 1.56 bits per heavy atom. The first kappa shape index (κ1) is 17.7. The zero-order valence-electron chi connectivity index (χ0n) is 14.2. The van der Waals surface area contributed by atoms with E-state index in [-0.39, 0.29) is 6.10 Å². The van der Waals surface area contributed by atoms with Crippen LogP contribution in [-0.2, 0) is 12.8 Å². The summed E-state index contributed by atoms with van der Waals surface area (Å²) in [6.45, 7) is 0. The van der Waals surface area contributed by atoms with Crippen LogP contribution in [0.3, 0.4) is 0 Å². The summed E-state index contributed by atoms with van der Waals surface area (Å²) < 4.78 is 0. The minimum Gasteiger partial charge on any atom is -0.392 e. The molecule has 2 nitrogen and oxygen atoms in total. The van der Waals surface area contributed by atoms with Crippen molar-refractivity contribution >= 4 is 11.8 Å². The van der Waals surface area contributed by atoms with Crippen molar-refractivity contribution in [1.82, 2.24) is 4.98 Å². The van der Waals surface area contributed by atoms with Gasteiger partial charge < -0.3 is 5.11 Å². The van der Waals surface area contributed by atoms with Crippen molar-refractivity contribution in [3.05, 3.63) is 95.8 Å². The standard InChI is InChI=1S/C22H23NOS/c24-21(11-8-20-7-4-14-23-16-20)17-25-22-12-9-19(10-13-22)15-18-5-2-1-3-6-18/h1-7,9-10,12-14,16,21,24H,8,11,15,17H2. The van der Waals surface area contributed by atoms with Crippen LogP contribution < -0.4 is 0 Å². The summed E-state index contributed by atoms with van der Waals surface area (Å²) in [5, 5.41) is 10.2. The summed E-state index contributed by atoms with van der Waals surface area (Å²) in [6.07, 6.45) is 5.94. The maximum absolute atomic E-state index is 10.2. The number of thioether (sulfide) groups is 1. The highest BCUT2D eigenvalue weighted by molar-refractivity contribution is 7.99. The van der Waals surface area contributed by atoms with Crippen molar-refractivity contribution in [2.75, 3.05) is 5.75 Å². The van der Waals surface area contributed by atoms with Gasteiger partial charge in [-0.3, -0.25) is 4.98 Å². The summed E-state index contributed by atoms with van der Waals surface area (Å²) in [6, 6.07) is 23.2. The first-order valence-corrected chi connectivity index (χ1v) is 9.61. The third-order valence-electron chi connectivity index (χ3n) is 4.11. The Balaban J connectivity index is 1.43. The molecule has 1 N–H and O–H groups in total. The van der Waals surface area contributed by atoms with E-state index in [1.807, 2.05) is 18.3 Å². The minimum atomic E-state index is -0.297. The topological polar surface area (TPSA) is 33.1 Å². The molecule has 0 saturated carbocycles. The van der Waals surface area contributed by atoms with Crippen molar-refractivity contribution in [3.63, 3.8) is 0 Å². The van der Waals surface area contributed by atoms with Crippen molar-refractivity contribution in [3.8, 4) is 0 Å². The molecular formula is C22H23NOS. The molecule has 3 heteroatoms. The lowest BCUT2D eigenvalue weighted by atomic mass is 10.1. The van der Waals surface area contributed by atoms with E-state index in [0.29, 0.717) is 0 Å². The van der Waals surface area contributed by atoms with Crippen LogP contribution in [-0.4, -0.2) is 21.9 Å². The van der Waals surface area contributed by atoms with E-state index in [9.17, 15) is 5.11 Å². The maximum Gasteiger partial charge on any atom is 0.0637 e. The minimum absolute atomic E-state index is 0.297. The first-order chi connectivity index (χ1) is 12.3. The van der Waals surface area contributed by atoms with Crippen LogP contribution in [0, 0.1) is 0 Å². The smallest absolute Gasteiger partial charge is 0.0637 e. The Morgan fingerprint density at radius 3 is 2.28 bits per heavy atom. The van der Waals surface area contributed by atoms with E-state index in [4.69, 9.17) is 0 Å². The number of benzene rings is 2. The molecule has 1 unspecified atom stereocenters. The third-order valence-corrected chi connectivity index (χ3v) is 5.26. The highest BCUT2D eigenvalue weighted by Gasteiger charge is 2.06. The normalized spacial score (nSPS) is 12.0. The largest absolute Gasteiger partial charge is 0.392 e. The number of aromatic nitrogens is 1. The van der Waals surface area contributed by atoms with Crippen LogP contribution in [0.5, 0.6) is 0 Å². The van der Waals surface area contributed by atoms with Gasteiger partial charge >= 0.3 is 0 Å². The number of pyridine rings is 1. The molecular weight excluding hydrogens is 326 g/mol.